The van der Waals surface area contributed by atoms with Crippen molar-refractivity contribution < 1.29 is 0 Å². The Bertz CT molecular complexity index is 332. The summed E-state index contributed by atoms with van der Waals surface area (Å²) in [6.07, 6.45) is 5.86. The molecule has 0 unspecified atom stereocenters. The van der Waals surface area contributed by atoms with Gasteiger partial charge < -0.3 is 0 Å². The molecule has 0 aromatic carbocycles. The molecule has 60 valence electrons. The molecule has 0 N–H and O–H groups in total. The molecule has 0 spiro atoms. The fraction of sp³-hybridized carbons (Fsp3) is 0.143. The highest BCUT2D eigenvalue weighted by atomic mass is 32.1. The summed E-state index contributed by atoms with van der Waals surface area (Å²) in [5.41, 5.74) is 2.79. The van der Waals surface area contributed by atoms with E-state index in [1.165, 1.54) is 17.7 Å². The molecule has 2 heterocycles. The van der Waals surface area contributed by atoms with E-state index in [0.717, 1.165) is 17.0 Å². The predicted molar refractivity (Wildman–Crippen MR) is 44.7 cm³/mol. The molecule has 0 atom stereocenters. The fourth-order valence-corrected chi connectivity index (χ4v) is 1.43. The van der Waals surface area contributed by atoms with Gasteiger partial charge in [-0.3, -0.25) is 0 Å². The maximum absolute atomic E-state index is 3.92. The van der Waals surface area contributed by atoms with Gasteiger partial charge in [0.05, 0.1) is 0 Å². The molecule has 12 heavy (non-hydrogen) atoms. The Labute approximate surface area is 73.3 Å². The van der Waals surface area contributed by atoms with Crippen molar-refractivity contribution in [2.24, 2.45) is 0 Å². The van der Waals surface area contributed by atoms with Crippen molar-refractivity contribution >= 4 is 11.3 Å². The zero-order valence-corrected chi connectivity index (χ0v) is 7.03. The van der Waals surface area contributed by atoms with E-state index in [1.54, 1.807) is 17.9 Å². The summed E-state index contributed by atoms with van der Waals surface area (Å²) >= 11 is 1.54. The highest BCUT2D eigenvalue weighted by Gasteiger charge is 1.98. The van der Waals surface area contributed by atoms with Gasteiger partial charge in [0, 0.05) is 18.8 Å². The number of aromatic nitrogens is 4. The largest absolute Gasteiger partial charge is 0.245 e. The molecule has 4 nitrogen and oxygen atoms in total. The van der Waals surface area contributed by atoms with Crippen LogP contribution in [0.4, 0.5) is 0 Å². The van der Waals surface area contributed by atoms with Crippen molar-refractivity contribution in [3.05, 3.63) is 34.8 Å². The first-order valence-electron chi connectivity index (χ1n) is 3.44. The summed E-state index contributed by atoms with van der Waals surface area (Å²) in [5, 5.41) is 8.66. The minimum absolute atomic E-state index is 0.769. The van der Waals surface area contributed by atoms with Gasteiger partial charge in [-0.15, -0.1) is 21.5 Å². The average Bonchev–Trinajstić information content (AvgIpc) is 2.59. The monoisotopic (exact) mass is 178 g/mol. The zero-order valence-electron chi connectivity index (χ0n) is 6.21. The molecule has 2 aromatic heterocycles. The summed E-state index contributed by atoms with van der Waals surface area (Å²) in [4.78, 5) is 7.82. The van der Waals surface area contributed by atoms with Crippen LogP contribution < -0.4 is 0 Å². The van der Waals surface area contributed by atoms with E-state index in [0.29, 0.717) is 0 Å². The number of rotatable bonds is 2. The van der Waals surface area contributed by atoms with Crippen LogP contribution in [-0.4, -0.2) is 20.2 Å². The summed E-state index contributed by atoms with van der Waals surface area (Å²) in [5.74, 6) is 0. The van der Waals surface area contributed by atoms with Crippen LogP contribution in [0.5, 0.6) is 0 Å². The first-order chi connectivity index (χ1) is 5.95. The number of hydrogen-bond donors (Lipinski definition) is 0. The predicted octanol–water partition coefficient (Wildman–Crippen LogP) is 0.919. The zero-order chi connectivity index (χ0) is 8.23. The quantitative estimate of drug-likeness (QED) is 0.686. The van der Waals surface area contributed by atoms with Gasteiger partial charge in [-0.05, 0) is 5.56 Å². The van der Waals surface area contributed by atoms with Crippen molar-refractivity contribution in [3.63, 3.8) is 0 Å². The molecule has 0 aliphatic heterocycles. The average molecular weight is 178 g/mol. The molecule has 0 amide bonds. The molecule has 0 radical (unpaired) electrons. The highest BCUT2D eigenvalue weighted by molar-refractivity contribution is 7.09. The van der Waals surface area contributed by atoms with Gasteiger partial charge >= 0.3 is 0 Å². The smallest absolute Gasteiger partial charge is 0.121 e. The van der Waals surface area contributed by atoms with Crippen molar-refractivity contribution in [1.29, 1.82) is 0 Å². The Morgan fingerprint density at radius 3 is 2.75 bits per heavy atom. The summed E-state index contributed by atoms with van der Waals surface area (Å²) in [6, 6.07) is 0. The van der Waals surface area contributed by atoms with E-state index in [2.05, 4.69) is 20.2 Å². The molecule has 2 rings (SSSR count). The van der Waals surface area contributed by atoms with Crippen molar-refractivity contribution in [3.8, 4) is 0 Å². The second kappa shape index (κ2) is 3.36. The Kier molecular flexibility index (Phi) is 2.04. The minimum atomic E-state index is 0.769. The topological polar surface area (TPSA) is 51.6 Å². The fourth-order valence-electron chi connectivity index (χ4n) is 0.869. The highest BCUT2D eigenvalue weighted by Crippen LogP contribution is 2.07. The van der Waals surface area contributed by atoms with E-state index in [1.807, 2.05) is 0 Å². The number of nitrogens with zero attached hydrogens (tertiary/aromatic N) is 4. The van der Waals surface area contributed by atoms with E-state index < -0.39 is 0 Å². The van der Waals surface area contributed by atoms with Crippen LogP contribution in [0.25, 0.3) is 0 Å². The lowest BCUT2D eigenvalue weighted by molar-refractivity contribution is 0.985. The van der Waals surface area contributed by atoms with E-state index >= 15 is 0 Å². The molecular formula is C7H6N4S. The maximum atomic E-state index is 3.92. The first kappa shape index (κ1) is 7.30. The Hall–Kier alpha value is -1.36. The van der Waals surface area contributed by atoms with Gasteiger partial charge in [0.25, 0.3) is 0 Å². The van der Waals surface area contributed by atoms with Crippen LogP contribution in [0.3, 0.4) is 0 Å². The summed E-state index contributed by atoms with van der Waals surface area (Å²) in [6.45, 7) is 0. The molecule has 0 aliphatic carbocycles. The molecule has 0 saturated heterocycles. The second-order valence-electron chi connectivity index (χ2n) is 2.26. The molecule has 0 saturated carbocycles. The van der Waals surface area contributed by atoms with Gasteiger partial charge in [-0.2, -0.15) is 0 Å². The van der Waals surface area contributed by atoms with Crippen molar-refractivity contribution in [2.45, 2.75) is 6.42 Å². The lowest BCUT2D eigenvalue weighted by Gasteiger charge is -1.92. The first-order valence-corrected chi connectivity index (χ1v) is 4.32. The minimum Gasteiger partial charge on any atom is -0.245 e. The van der Waals surface area contributed by atoms with E-state index in [9.17, 15) is 0 Å². The van der Waals surface area contributed by atoms with Gasteiger partial charge in [0.1, 0.15) is 16.8 Å². The lowest BCUT2D eigenvalue weighted by Crippen LogP contribution is -1.89. The van der Waals surface area contributed by atoms with Crippen LogP contribution in [0.1, 0.15) is 10.6 Å². The van der Waals surface area contributed by atoms with Crippen LogP contribution in [0.2, 0.25) is 0 Å². The van der Waals surface area contributed by atoms with Crippen LogP contribution in [-0.2, 0) is 6.42 Å². The molecule has 0 bridgehead atoms. The molecule has 5 heteroatoms. The Balaban J connectivity index is 2.15. The lowest BCUT2D eigenvalue weighted by atomic mass is 10.2. The summed E-state index contributed by atoms with van der Waals surface area (Å²) in [7, 11) is 0. The van der Waals surface area contributed by atoms with Crippen molar-refractivity contribution in [1.82, 2.24) is 20.2 Å². The SMILES string of the molecule is c1ncc(Cc2nncs2)cn1. The Morgan fingerprint density at radius 1 is 1.25 bits per heavy atom. The molecule has 2 aromatic rings. The normalized spacial score (nSPS) is 10.0. The van der Waals surface area contributed by atoms with Crippen LogP contribution in [0, 0.1) is 0 Å². The van der Waals surface area contributed by atoms with E-state index in [4.69, 9.17) is 0 Å². The van der Waals surface area contributed by atoms with Gasteiger partial charge in [0.2, 0.25) is 0 Å². The molecule has 0 fully saturated rings. The number of hydrogen-bond acceptors (Lipinski definition) is 5. The van der Waals surface area contributed by atoms with Gasteiger partial charge in [0.15, 0.2) is 0 Å². The third kappa shape index (κ3) is 1.62. The van der Waals surface area contributed by atoms with Crippen LogP contribution >= 0.6 is 11.3 Å². The molecular weight excluding hydrogens is 172 g/mol. The third-order valence-corrected chi connectivity index (χ3v) is 2.07. The van der Waals surface area contributed by atoms with Gasteiger partial charge in [-0.25, -0.2) is 9.97 Å². The van der Waals surface area contributed by atoms with E-state index in [-0.39, 0.29) is 0 Å². The Morgan fingerprint density at radius 2 is 2.08 bits per heavy atom. The summed E-state index contributed by atoms with van der Waals surface area (Å²) < 4.78 is 0. The standard InChI is InChI=1S/C7H6N4S/c1(7-11-10-5-12-7)6-2-8-4-9-3-6/h2-5H,1H2. The molecule has 0 aliphatic rings. The third-order valence-electron chi connectivity index (χ3n) is 1.37. The van der Waals surface area contributed by atoms with Crippen LogP contribution in [0.15, 0.2) is 24.2 Å². The van der Waals surface area contributed by atoms with Gasteiger partial charge in [-0.1, -0.05) is 0 Å². The second-order valence-corrected chi connectivity index (χ2v) is 3.17. The maximum Gasteiger partial charge on any atom is 0.121 e. The van der Waals surface area contributed by atoms with Crippen molar-refractivity contribution in [2.75, 3.05) is 0 Å².